The average Bonchev–Trinajstić information content (AvgIpc) is 2.09. The van der Waals surface area contributed by atoms with Gasteiger partial charge in [-0.05, 0) is 23.7 Å². The van der Waals surface area contributed by atoms with Crippen LogP contribution in [0.2, 0.25) is 0 Å². The van der Waals surface area contributed by atoms with E-state index in [-0.39, 0.29) is 0 Å². The Balaban J connectivity index is 3.67. The number of hydrogen-bond donors (Lipinski definition) is 1. The van der Waals surface area contributed by atoms with Crippen molar-refractivity contribution in [1.29, 1.82) is 0 Å². The van der Waals surface area contributed by atoms with Gasteiger partial charge >= 0.3 is 0 Å². The smallest absolute Gasteiger partial charge is 0.0587 e. The van der Waals surface area contributed by atoms with E-state index in [4.69, 9.17) is 4.74 Å². The lowest BCUT2D eigenvalue weighted by atomic mass is 9.80. The molecule has 0 aromatic carbocycles. The fraction of sp³-hybridized carbons (Fsp3) is 1.00. The molecule has 15 heavy (non-hydrogen) atoms. The molecule has 0 atom stereocenters. The molecule has 0 aliphatic heterocycles. The molecule has 92 valence electrons. The van der Waals surface area contributed by atoms with Gasteiger partial charge in [-0.15, -0.1) is 0 Å². The van der Waals surface area contributed by atoms with Gasteiger partial charge in [0.15, 0.2) is 0 Å². The van der Waals surface area contributed by atoms with Gasteiger partial charge in [0, 0.05) is 20.2 Å². The second-order valence-electron chi connectivity index (χ2n) is 6.39. The first kappa shape index (κ1) is 14.9. The van der Waals surface area contributed by atoms with Gasteiger partial charge in [-0.3, -0.25) is 0 Å². The molecule has 1 N–H and O–H groups in total. The summed E-state index contributed by atoms with van der Waals surface area (Å²) in [6.45, 7) is 14.4. The van der Waals surface area contributed by atoms with Gasteiger partial charge in [0.25, 0.3) is 0 Å². The molecule has 2 heteroatoms. The maximum Gasteiger partial charge on any atom is 0.0587 e. The van der Waals surface area contributed by atoms with E-state index in [0.29, 0.717) is 10.8 Å². The van der Waals surface area contributed by atoms with Gasteiger partial charge in [-0.2, -0.15) is 0 Å². The molecule has 0 heterocycles. The molecule has 0 aromatic rings. The van der Waals surface area contributed by atoms with Crippen LogP contribution in [0.25, 0.3) is 0 Å². The monoisotopic (exact) mass is 215 g/mol. The molecular weight excluding hydrogens is 186 g/mol. The number of hydrogen-bond acceptors (Lipinski definition) is 2. The SMILES string of the molecule is COCCNCC(C)(C)CCC(C)(C)C. The lowest BCUT2D eigenvalue weighted by Gasteiger charge is -2.29. The summed E-state index contributed by atoms with van der Waals surface area (Å²) in [6, 6.07) is 0. The highest BCUT2D eigenvalue weighted by Gasteiger charge is 2.20. The van der Waals surface area contributed by atoms with Crippen molar-refractivity contribution in [2.24, 2.45) is 10.8 Å². The minimum absolute atomic E-state index is 0.390. The Labute approximate surface area is 95.8 Å². The predicted molar refractivity (Wildman–Crippen MR) is 67.2 cm³/mol. The largest absolute Gasteiger partial charge is 0.383 e. The highest BCUT2D eigenvalue weighted by molar-refractivity contribution is 4.75. The van der Waals surface area contributed by atoms with Crippen LogP contribution >= 0.6 is 0 Å². The van der Waals surface area contributed by atoms with Crippen molar-refractivity contribution >= 4 is 0 Å². The second-order valence-corrected chi connectivity index (χ2v) is 6.39. The number of ether oxygens (including phenoxy) is 1. The van der Waals surface area contributed by atoms with Crippen molar-refractivity contribution in [1.82, 2.24) is 5.32 Å². The first-order valence-electron chi connectivity index (χ1n) is 5.96. The third kappa shape index (κ3) is 10.2. The molecule has 0 saturated carbocycles. The Morgan fingerprint density at radius 1 is 1.00 bits per heavy atom. The fourth-order valence-corrected chi connectivity index (χ4v) is 1.40. The molecule has 0 aliphatic rings. The van der Waals surface area contributed by atoms with Crippen LogP contribution in [0.4, 0.5) is 0 Å². The van der Waals surface area contributed by atoms with Crippen LogP contribution < -0.4 is 5.32 Å². The van der Waals surface area contributed by atoms with Crippen LogP contribution in [0, 0.1) is 10.8 Å². The standard InChI is InChI=1S/C13H29NO/c1-12(2,3)7-8-13(4,5)11-14-9-10-15-6/h14H,7-11H2,1-6H3. The minimum Gasteiger partial charge on any atom is -0.383 e. The van der Waals surface area contributed by atoms with Crippen molar-refractivity contribution in [3.8, 4) is 0 Å². The highest BCUT2D eigenvalue weighted by atomic mass is 16.5. The Kier molecular flexibility index (Phi) is 6.46. The van der Waals surface area contributed by atoms with E-state index in [2.05, 4.69) is 39.9 Å². The summed E-state index contributed by atoms with van der Waals surface area (Å²) in [7, 11) is 1.74. The summed E-state index contributed by atoms with van der Waals surface area (Å²) in [6.07, 6.45) is 2.56. The van der Waals surface area contributed by atoms with Gasteiger partial charge in [0.2, 0.25) is 0 Å². The van der Waals surface area contributed by atoms with Crippen molar-refractivity contribution in [3.05, 3.63) is 0 Å². The Morgan fingerprint density at radius 3 is 2.07 bits per heavy atom. The third-order valence-corrected chi connectivity index (χ3v) is 2.64. The summed E-state index contributed by atoms with van der Waals surface area (Å²) in [4.78, 5) is 0. The first-order chi connectivity index (χ1) is 6.77. The molecule has 0 spiro atoms. The van der Waals surface area contributed by atoms with E-state index in [1.807, 2.05) is 0 Å². The molecule has 0 rings (SSSR count). The normalized spacial score (nSPS) is 13.2. The summed E-state index contributed by atoms with van der Waals surface area (Å²) >= 11 is 0. The zero-order valence-electron chi connectivity index (χ0n) is 11.4. The molecule has 0 radical (unpaired) electrons. The number of rotatable bonds is 7. The molecule has 0 aliphatic carbocycles. The molecule has 0 unspecified atom stereocenters. The molecule has 0 bridgehead atoms. The average molecular weight is 215 g/mol. The topological polar surface area (TPSA) is 21.3 Å². The fourth-order valence-electron chi connectivity index (χ4n) is 1.40. The van der Waals surface area contributed by atoms with E-state index < -0.39 is 0 Å². The van der Waals surface area contributed by atoms with Gasteiger partial charge in [0.1, 0.15) is 0 Å². The molecule has 0 amide bonds. The van der Waals surface area contributed by atoms with Crippen LogP contribution in [0.1, 0.15) is 47.5 Å². The summed E-state index contributed by atoms with van der Waals surface area (Å²) in [5.41, 5.74) is 0.838. The van der Waals surface area contributed by atoms with Crippen molar-refractivity contribution in [2.75, 3.05) is 26.8 Å². The van der Waals surface area contributed by atoms with E-state index in [0.717, 1.165) is 19.7 Å². The summed E-state index contributed by atoms with van der Waals surface area (Å²) in [5.74, 6) is 0. The van der Waals surface area contributed by atoms with Crippen LogP contribution in [0.3, 0.4) is 0 Å². The van der Waals surface area contributed by atoms with Gasteiger partial charge < -0.3 is 10.1 Å². The Hall–Kier alpha value is -0.0800. The van der Waals surface area contributed by atoms with Crippen LogP contribution in [0.5, 0.6) is 0 Å². The molecule has 2 nitrogen and oxygen atoms in total. The van der Waals surface area contributed by atoms with Crippen LogP contribution in [-0.4, -0.2) is 26.8 Å². The zero-order chi connectivity index (χ0) is 11.9. The lowest BCUT2D eigenvalue weighted by molar-refractivity contribution is 0.189. The van der Waals surface area contributed by atoms with Crippen molar-refractivity contribution in [2.45, 2.75) is 47.5 Å². The van der Waals surface area contributed by atoms with Crippen LogP contribution in [-0.2, 0) is 4.74 Å². The Bertz CT molecular complexity index is 158. The second kappa shape index (κ2) is 6.49. The van der Waals surface area contributed by atoms with E-state index in [1.165, 1.54) is 12.8 Å². The Morgan fingerprint density at radius 2 is 1.60 bits per heavy atom. The molecule has 0 aromatic heterocycles. The first-order valence-corrected chi connectivity index (χ1v) is 5.96. The van der Waals surface area contributed by atoms with Gasteiger partial charge in [-0.25, -0.2) is 0 Å². The quantitative estimate of drug-likeness (QED) is 0.659. The van der Waals surface area contributed by atoms with Crippen LogP contribution in [0.15, 0.2) is 0 Å². The van der Waals surface area contributed by atoms with E-state index >= 15 is 0 Å². The molecule has 0 saturated heterocycles. The molecule has 0 fully saturated rings. The van der Waals surface area contributed by atoms with Crippen molar-refractivity contribution < 1.29 is 4.74 Å². The third-order valence-electron chi connectivity index (χ3n) is 2.64. The van der Waals surface area contributed by atoms with Crippen molar-refractivity contribution in [3.63, 3.8) is 0 Å². The highest BCUT2D eigenvalue weighted by Crippen LogP contribution is 2.29. The predicted octanol–water partition coefficient (Wildman–Crippen LogP) is 3.07. The number of methoxy groups -OCH3 is 1. The minimum atomic E-state index is 0.390. The van der Waals surface area contributed by atoms with Gasteiger partial charge in [0.05, 0.1) is 6.61 Å². The zero-order valence-corrected chi connectivity index (χ0v) is 11.4. The lowest BCUT2D eigenvalue weighted by Crippen LogP contribution is -2.32. The maximum atomic E-state index is 5.01. The molecular formula is C13H29NO. The maximum absolute atomic E-state index is 5.01. The summed E-state index contributed by atoms with van der Waals surface area (Å²) < 4.78 is 5.01. The summed E-state index contributed by atoms with van der Waals surface area (Å²) in [5, 5.41) is 3.44. The van der Waals surface area contributed by atoms with Gasteiger partial charge in [-0.1, -0.05) is 34.6 Å². The van der Waals surface area contributed by atoms with E-state index in [9.17, 15) is 0 Å². The number of nitrogens with one attached hydrogen (secondary N) is 1. The van der Waals surface area contributed by atoms with E-state index in [1.54, 1.807) is 7.11 Å².